The number of fused-ring (bicyclic) bond motifs is 1. The molecule has 0 radical (unpaired) electrons. The average Bonchev–Trinajstić information content (AvgIpc) is 2.94. The van der Waals surface area contributed by atoms with Crippen molar-refractivity contribution in [3.63, 3.8) is 0 Å². The molecule has 0 spiro atoms. The summed E-state index contributed by atoms with van der Waals surface area (Å²) in [6.07, 6.45) is 0. The molecule has 0 amide bonds. The SMILES string of the molecule is COc1nc(OCc2ccc3c(c2)OCO3)ccc1N. The average molecular weight is 274 g/mol. The predicted octanol–water partition coefficient (Wildman–Crippen LogP) is 1.98. The van der Waals surface area contributed by atoms with Crippen LogP contribution in [0.3, 0.4) is 0 Å². The van der Waals surface area contributed by atoms with Gasteiger partial charge in [0.25, 0.3) is 0 Å². The Morgan fingerprint density at radius 1 is 1.20 bits per heavy atom. The normalized spacial score (nSPS) is 12.2. The van der Waals surface area contributed by atoms with E-state index in [0.29, 0.717) is 24.1 Å². The van der Waals surface area contributed by atoms with Crippen LogP contribution in [0.4, 0.5) is 5.69 Å². The van der Waals surface area contributed by atoms with Crippen LogP contribution < -0.4 is 24.7 Å². The van der Waals surface area contributed by atoms with Crippen LogP contribution in [0, 0.1) is 0 Å². The minimum absolute atomic E-state index is 0.260. The number of ether oxygens (including phenoxy) is 4. The van der Waals surface area contributed by atoms with Crippen molar-refractivity contribution >= 4 is 5.69 Å². The Morgan fingerprint density at radius 3 is 2.90 bits per heavy atom. The van der Waals surface area contributed by atoms with Crippen molar-refractivity contribution < 1.29 is 18.9 Å². The summed E-state index contributed by atoms with van der Waals surface area (Å²) >= 11 is 0. The summed E-state index contributed by atoms with van der Waals surface area (Å²) in [5.74, 6) is 2.29. The van der Waals surface area contributed by atoms with Gasteiger partial charge in [0.2, 0.25) is 18.6 Å². The van der Waals surface area contributed by atoms with E-state index in [1.54, 1.807) is 12.1 Å². The zero-order valence-electron chi connectivity index (χ0n) is 11.0. The van der Waals surface area contributed by atoms with Crippen LogP contribution in [0.2, 0.25) is 0 Å². The standard InChI is InChI=1S/C14H14N2O4/c1-17-14-10(15)3-5-13(16-14)18-7-9-2-4-11-12(6-9)20-8-19-11/h2-6H,7-8,15H2,1H3. The fourth-order valence-electron chi connectivity index (χ4n) is 1.87. The van der Waals surface area contributed by atoms with Crippen LogP contribution in [0.1, 0.15) is 5.56 Å². The van der Waals surface area contributed by atoms with Crippen LogP contribution >= 0.6 is 0 Å². The Bertz CT molecular complexity index is 620. The zero-order chi connectivity index (χ0) is 13.9. The third kappa shape index (κ3) is 2.40. The topological polar surface area (TPSA) is 75.8 Å². The maximum atomic E-state index is 5.70. The number of benzene rings is 1. The first-order chi connectivity index (χ1) is 9.76. The van der Waals surface area contributed by atoms with Crippen molar-refractivity contribution in [1.82, 2.24) is 4.98 Å². The molecule has 6 nitrogen and oxygen atoms in total. The molecular weight excluding hydrogens is 260 g/mol. The van der Waals surface area contributed by atoms with Crippen molar-refractivity contribution in [3.05, 3.63) is 35.9 Å². The first-order valence-electron chi connectivity index (χ1n) is 6.08. The van der Waals surface area contributed by atoms with Crippen LogP contribution in [-0.2, 0) is 6.61 Å². The highest BCUT2D eigenvalue weighted by Crippen LogP contribution is 2.32. The summed E-state index contributed by atoms with van der Waals surface area (Å²) in [7, 11) is 1.51. The number of pyridine rings is 1. The smallest absolute Gasteiger partial charge is 0.240 e. The second-order valence-corrected chi connectivity index (χ2v) is 4.22. The van der Waals surface area contributed by atoms with E-state index in [2.05, 4.69) is 4.98 Å². The molecule has 3 rings (SSSR count). The fraction of sp³-hybridized carbons (Fsp3) is 0.214. The minimum Gasteiger partial charge on any atom is -0.479 e. The lowest BCUT2D eigenvalue weighted by Gasteiger charge is -2.08. The third-order valence-electron chi connectivity index (χ3n) is 2.88. The number of anilines is 1. The molecule has 0 atom stereocenters. The number of aromatic nitrogens is 1. The van der Waals surface area contributed by atoms with E-state index < -0.39 is 0 Å². The van der Waals surface area contributed by atoms with Crippen LogP contribution in [0.5, 0.6) is 23.3 Å². The van der Waals surface area contributed by atoms with Gasteiger partial charge in [-0.15, -0.1) is 0 Å². The molecule has 1 aromatic heterocycles. The van der Waals surface area contributed by atoms with E-state index in [0.717, 1.165) is 17.1 Å². The highest BCUT2D eigenvalue weighted by atomic mass is 16.7. The summed E-state index contributed by atoms with van der Waals surface area (Å²) < 4.78 is 21.2. The highest BCUT2D eigenvalue weighted by molar-refractivity contribution is 5.49. The van der Waals surface area contributed by atoms with Gasteiger partial charge >= 0.3 is 0 Å². The molecule has 0 bridgehead atoms. The van der Waals surface area contributed by atoms with E-state index in [-0.39, 0.29) is 6.79 Å². The maximum Gasteiger partial charge on any atom is 0.240 e. The summed E-state index contributed by atoms with van der Waals surface area (Å²) in [5, 5.41) is 0. The van der Waals surface area contributed by atoms with Crippen molar-refractivity contribution in [1.29, 1.82) is 0 Å². The Balaban J connectivity index is 1.70. The third-order valence-corrected chi connectivity index (χ3v) is 2.88. The van der Waals surface area contributed by atoms with Gasteiger partial charge in [-0.05, 0) is 23.8 Å². The highest BCUT2D eigenvalue weighted by Gasteiger charge is 2.13. The number of hydrogen-bond donors (Lipinski definition) is 1. The van der Waals surface area contributed by atoms with Gasteiger partial charge in [-0.3, -0.25) is 0 Å². The number of hydrogen-bond acceptors (Lipinski definition) is 6. The predicted molar refractivity (Wildman–Crippen MR) is 72.1 cm³/mol. The summed E-state index contributed by atoms with van der Waals surface area (Å²) in [4.78, 5) is 4.15. The van der Waals surface area contributed by atoms with Gasteiger partial charge in [-0.2, -0.15) is 4.98 Å². The Morgan fingerprint density at radius 2 is 2.05 bits per heavy atom. The zero-order valence-corrected chi connectivity index (χ0v) is 11.0. The number of rotatable bonds is 4. The van der Waals surface area contributed by atoms with E-state index in [1.165, 1.54) is 7.11 Å². The molecule has 1 aliphatic rings. The van der Waals surface area contributed by atoms with Gasteiger partial charge in [0.15, 0.2) is 11.5 Å². The molecule has 2 heterocycles. The second kappa shape index (κ2) is 5.16. The number of nitrogens with two attached hydrogens (primary N) is 1. The maximum absolute atomic E-state index is 5.70. The molecule has 0 saturated carbocycles. The van der Waals surface area contributed by atoms with Crippen molar-refractivity contribution in [2.75, 3.05) is 19.6 Å². The monoisotopic (exact) mass is 274 g/mol. The molecule has 104 valence electrons. The van der Waals surface area contributed by atoms with Crippen LogP contribution in [0.25, 0.3) is 0 Å². The van der Waals surface area contributed by atoms with Gasteiger partial charge in [0.05, 0.1) is 12.8 Å². The number of nitrogens with zero attached hydrogens (tertiary/aromatic N) is 1. The molecule has 2 N–H and O–H groups in total. The van der Waals surface area contributed by atoms with E-state index in [1.807, 2.05) is 18.2 Å². The fourth-order valence-corrected chi connectivity index (χ4v) is 1.87. The molecule has 0 fully saturated rings. The van der Waals surface area contributed by atoms with Gasteiger partial charge in [0.1, 0.15) is 6.61 Å². The quantitative estimate of drug-likeness (QED) is 0.918. The van der Waals surface area contributed by atoms with Gasteiger partial charge in [-0.25, -0.2) is 0 Å². The lowest BCUT2D eigenvalue weighted by molar-refractivity contribution is 0.174. The van der Waals surface area contributed by atoms with Crippen molar-refractivity contribution in [2.24, 2.45) is 0 Å². The first-order valence-corrected chi connectivity index (χ1v) is 6.08. The van der Waals surface area contributed by atoms with Gasteiger partial charge in [0, 0.05) is 6.07 Å². The Kier molecular flexibility index (Phi) is 3.20. The molecule has 0 saturated heterocycles. The van der Waals surface area contributed by atoms with Gasteiger partial charge in [-0.1, -0.05) is 6.07 Å². The minimum atomic E-state index is 0.260. The lowest BCUT2D eigenvalue weighted by Crippen LogP contribution is -2.00. The molecular formula is C14H14N2O4. The summed E-state index contributed by atoms with van der Waals surface area (Å²) in [6, 6.07) is 9.06. The largest absolute Gasteiger partial charge is 0.479 e. The Labute approximate surface area is 116 Å². The molecule has 0 unspecified atom stereocenters. The molecule has 1 aliphatic heterocycles. The molecule has 1 aromatic carbocycles. The van der Waals surface area contributed by atoms with Crippen LogP contribution in [-0.4, -0.2) is 18.9 Å². The number of nitrogen functional groups attached to an aromatic ring is 1. The van der Waals surface area contributed by atoms with E-state index >= 15 is 0 Å². The Hall–Kier alpha value is -2.63. The second-order valence-electron chi connectivity index (χ2n) is 4.22. The molecule has 6 heteroatoms. The lowest BCUT2D eigenvalue weighted by atomic mass is 10.2. The molecule has 20 heavy (non-hydrogen) atoms. The van der Waals surface area contributed by atoms with Crippen molar-refractivity contribution in [3.8, 4) is 23.3 Å². The van der Waals surface area contributed by atoms with E-state index in [4.69, 9.17) is 24.7 Å². The summed E-state index contributed by atoms with van der Waals surface area (Å²) in [5.41, 5.74) is 7.13. The molecule has 0 aliphatic carbocycles. The van der Waals surface area contributed by atoms with Crippen molar-refractivity contribution in [2.45, 2.75) is 6.61 Å². The number of methoxy groups -OCH3 is 1. The molecule has 2 aromatic rings. The van der Waals surface area contributed by atoms with Gasteiger partial charge < -0.3 is 24.7 Å². The van der Waals surface area contributed by atoms with E-state index in [9.17, 15) is 0 Å². The van der Waals surface area contributed by atoms with Crippen LogP contribution in [0.15, 0.2) is 30.3 Å². The summed E-state index contributed by atoms with van der Waals surface area (Å²) in [6.45, 7) is 0.632. The first kappa shape index (κ1) is 12.4.